The van der Waals surface area contributed by atoms with Crippen molar-refractivity contribution < 1.29 is 4.79 Å². The van der Waals surface area contributed by atoms with Gasteiger partial charge in [0.25, 0.3) is 5.91 Å². The van der Waals surface area contributed by atoms with Crippen LogP contribution in [0.15, 0.2) is 67.0 Å². The van der Waals surface area contributed by atoms with Gasteiger partial charge in [-0.05, 0) is 67.8 Å². The van der Waals surface area contributed by atoms with E-state index in [1.165, 1.54) is 24.9 Å². The number of pyridine rings is 2. The highest BCUT2D eigenvalue weighted by atomic mass is 16.1. The number of amides is 1. The lowest BCUT2D eigenvalue weighted by Gasteiger charge is -2.28. The third kappa shape index (κ3) is 5.10. The standard InChI is InChI=1S/C23H25N5O/c29-23(27-19-8-10-21(11-9-19)28-14-4-1-5-15-28)18-7-12-22(25-16-18)26-17-20-6-2-3-13-24-20/h2-3,6-13,16H,1,4-5,14-15,17H2,(H,25,26)(H,27,29). The van der Waals surface area contributed by atoms with Gasteiger partial charge in [0.15, 0.2) is 0 Å². The Labute approximate surface area is 171 Å². The Hall–Kier alpha value is -3.41. The van der Waals surface area contributed by atoms with E-state index in [0.717, 1.165) is 24.5 Å². The summed E-state index contributed by atoms with van der Waals surface area (Å²) in [5.74, 6) is 0.539. The molecule has 0 aliphatic carbocycles. The molecule has 2 aromatic heterocycles. The zero-order chi connectivity index (χ0) is 19.9. The van der Waals surface area contributed by atoms with E-state index < -0.39 is 0 Å². The van der Waals surface area contributed by atoms with Gasteiger partial charge in [-0.1, -0.05) is 6.07 Å². The summed E-state index contributed by atoms with van der Waals surface area (Å²) < 4.78 is 0. The van der Waals surface area contributed by atoms with Crippen molar-refractivity contribution in [1.82, 2.24) is 9.97 Å². The van der Waals surface area contributed by atoms with Gasteiger partial charge in [-0.15, -0.1) is 0 Å². The average molecular weight is 387 g/mol. The molecule has 1 aliphatic rings. The highest BCUT2D eigenvalue weighted by molar-refractivity contribution is 6.04. The number of hydrogen-bond acceptors (Lipinski definition) is 5. The van der Waals surface area contributed by atoms with Crippen LogP contribution in [0.1, 0.15) is 35.3 Å². The molecule has 0 unspecified atom stereocenters. The van der Waals surface area contributed by atoms with Crippen molar-refractivity contribution >= 4 is 23.1 Å². The van der Waals surface area contributed by atoms with Crippen LogP contribution in [0.4, 0.5) is 17.2 Å². The number of piperidine rings is 1. The maximum Gasteiger partial charge on any atom is 0.257 e. The Morgan fingerprint density at radius 3 is 2.45 bits per heavy atom. The van der Waals surface area contributed by atoms with Crippen molar-refractivity contribution in [2.75, 3.05) is 28.6 Å². The predicted octanol–water partition coefficient (Wildman–Crippen LogP) is 4.33. The average Bonchev–Trinajstić information content (AvgIpc) is 2.80. The van der Waals surface area contributed by atoms with Crippen LogP contribution in [-0.2, 0) is 6.54 Å². The van der Waals surface area contributed by atoms with Crippen molar-refractivity contribution in [1.29, 1.82) is 0 Å². The van der Waals surface area contributed by atoms with Gasteiger partial charge in [0.05, 0.1) is 17.8 Å². The number of nitrogens with one attached hydrogen (secondary N) is 2. The van der Waals surface area contributed by atoms with Gasteiger partial charge in [0, 0.05) is 36.9 Å². The highest BCUT2D eigenvalue weighted by Crippen LogP contribution is 2.22. The third-order valence-corrected chi connectivity index (χ3v) is 5.05. The monoisotopic (exact) mass is 387 g/mol. The van der Waals surface area contributed by atoms with Crippen LogP contribution in [0.2, 0.25) is 0 Å². The van der Waals surface area contributed by atoms with E-state index in [1.807, 2.05) is 30.3 Å². The van der Waals surface area contributed by atoms with Gasteiger partial charge < -0.3 is 15.5 Å². The number of anilines is 3. The van der Waals surface area contributed by atoms with Crippen molar-refractivity contribution in [3.8, 4) is 0 Å². The van der Waals surface area contributed by atoms with Gasteiger partial charge >= 0.3 is 0 Å². The normalized spacial score (nSPS) is 13.7. The summed E-state index contributed by atoms with van der Waals surface area (Å²) in [7, 11) is 0. The second-order valence-corrected chi connectivity index (χ2v) is 7.16. The number of benzene rings is 1. The molecule has 29 heavy (non-hydrogen) atoms. The first kappa shape index (κ1) is 18.9. The zero-order valence-electron chi connectivity index (χ0n) is 16.3. The molecule has 3 aromatic rings. The first-order valence-electron chi connectivity index (χ1n) is 10.0. The zero-order valence-corrected chi connectivity index (χ0v) is 16.3. The Balaban J connectivity index is 1.32. The molecule has 0 spiro atoms. The van der Waals surface area contributed by atoms with Crippen LogP contribution in [0.25, 0.3) is 0 Å². The molecule has 1 fully saturated rings. The van der Waals surface area contributed by atoms with Gasteiger partial charge in [-0.2, -0.15) is 0 Å². The summed E-state index contributed by atoms with van der Waals surface area (Å²) >= 11 is 0. The van der Waals surface area contributed by atoms with E-state index in [9.17, 15) is 4.79 Å². The lowest BCUT2D eigenvalue weighted by atomic mass is 10.1. The Morgan fingerprint density at radius 2 is 1.76 bits per heavy atom. The molecular weight excluding hydrogens is 362 g/mol. The minimum absolute atomic E-state index is 0.167. The minimum atomic E-state index is -0.167. The molecule has 1 aliphatic heterocycles. The third-order valence-electron chi connectivity index (χ3n) is 5.05. The number of aromatic nitrogens is 2. The second-order valence-electron chi connectivity index (χ2n) is 7.16. The molecule has 0 atom stereocenters. The second kappa shape index (κ2) is 9.19. The summed E-state index contributed by atoms with van der Waals surface area (Å²) in [6, 6.07) is 17.4. The summed E-state index contributed by atoms with van der Waals surface area (Å²) in [4.78, 5) is 23.5. The Bertz CT molecular complexity index is 920. The fourth-order valence-electron chi connectivity index (χ4n) is 3.43. The molecule has 0 radical (unpaired) electrons. The fraction of sp³-hybridized carbons (Fsp3) is 0.261. The van der Waals surface area contributed by atoms with Crippen LogP contribution >= 0.6 is 0 Å². The fourth-order valence-corrected chi connectivity index (χ4v) is 3.43. The van der Waals surface area contributed by atoms with E-state index in [-0.39, 0.29) is 5.91 Å². The molecule has 6 nitrogen and oxygen atoms in total. The summed E-state index contributed by atoms with van der Waals surface area (Å²) in [6.07, 6.45) is 7.15. The first-order chi connectivity index (χ1) is 14.3. The molecule has 0 bridgehead atoms. The maximum absolute atomic E-state index is 12.5. The van der Waals surface area contributed by atoms with Crippen molar-refractivity contribution in [3.05, 3.63) is 78.2 Å². The van der Waals surface area contributed by atoms with E-state index in [0.29, 0.717) is 17.9 Å². The van der Waals surface area contributed by atoms with Gasteiger partial charge in [0.2, 0.25) is 0 Å². The van der Waals surface area contributed by atoms with Crippen molar-refractivity contribution in [2.24, 2.45) is 0 Å². The summed E-state index contributed by atoms with van der Waals surface area (Å²) in [5, 5.41) is 6.14. The van der Waals surface area contributed by atoms with Crippen LogP contribution in [0.5, 0.6) is 0 Å². The van der Waals surface area contributed by atoms with Gasteiger partial charge in [-0.3, -0.25) is 9.78 Å². The van der Waals surface area contributed by atoms with Gasteiger partial charge in [-0.25, -0.2) is 4.98 Å². The number of nitrogens with zero attached hydrogens (tertiary/aromatic N) is 3. The number of hydrogen-bond donors (Lipinski definition) is 2. The molecule has 4 rings (SSSR count). The largest absolute Gasteiger partial charge is 0.372 e. The molecule has 6 heteroatoms. The number of rotatable bonds is 6. The first-order valence-corrected chi connectivity index (χ1v) is 10.0. The Morgan fingerprint density at radius 1 is 0.931 bits per heavy atom. The summed E-state index contributed by atoms with van der Waals surface area (Å²) in [5.41, 5.74) is 3.46. The Kier molecular flexibility index (Phi) is 6.00. The number of carbonyl (C=O) groups excluding carboxylic acids is 1. The van der Waals surface area contributed by atoms with E-state index in [4.69, 9.17) is 0 Å². The molecule has 1 amide bonds. The molecule has 0 saturated carbocycles. The van der Waals surface area contributed by atoms with E-state index in [1.54, 1.807) is 24.5 Å². The molecule has 1 saturated heterocycles. The SMILES string of the molecule is O=C(Nc1ccc(N2CCCCC2)cc1)c1ccc(NCc2ccccn2)nc1. The molecule has 148 valence electrons. The summed E-state index contributed by atoms with van der Waals surface area (Å²) in [6.45, 7) is 2.80. The van der Waals surface area contributed by atoms with E-state index >= 15 is 0 Å². The van der Waals surface area contributed by atoms with Gasteiger partial charge in [0.1, 0.15) is 5.82 Å². The molecule has 2 N–H and O–H groups in total. The van der Waals surface area contributed by atoms with Crippen LogP contribution in [-0.4, -0.2) is 29.0 Å². The lowest BCUT2D eigenvalue weighted by Crippen LogP contribution is -2.29. The molecular formula is C23H25N5O. The van der Waals surface area contributed by atoms with Crippen LogP contribution in [0.3, 0.4) is 0 Å². The van der Waals surface area contributed by atoms with E-state index in [2.05, 4.69) is 37.6 Å². The predicted molar refractivity (Wildman–Crippen MR) is 116 cm³/mol. The molecule has 1 aromatic carbocycles. The molecule has 3 heterocycles. The number of carbonyl (C=O) groups is 1. The topological polar surface area (TPSA) is 70.2 Å². The lowest BCUT2D eigenvalue weighted by molar-refractivity contribution is 0.102. The van der Waals surface area contributed by atoms with Crippen molar-refractivity contribution in [3.63, 3.8) is 0 Å². The quantitative estimate of drug-likeness (QED) is 0.659. The maximum atomic E-state index is 12.5. The van der Waals surface area contributed by atoms with Crippen LogP contribution in [0, 0.1) is 0 Å². The van der Waals surface area contributed by atoms with Crippen molar-refractivity contribution in [2.45, 2.75) is 25.8 Å². The minimum Gasteiger partial charge on any atom is -0.372 e. The smallest absolute Gasteiger partial charge is 0.257 e. The highest BCUT2D eigenvalue weighted by Gasteiger charge is 2.11. The van der Waals surface area contributed by atoms with Crippen LogP contribution < -0.4 is 15.5 Å².